The molecule has 2 N–H and O–H groups in total. The summed E-state index contributed by atoms with van der Waals surface area (Å²) in [6.45, 7) is 4.77. The number of guanidine groups is 1. The lowest BCUT2D eigenvalue weighted by Gasteiger charge is -2.31. The first-order valence-electron chi connectivity index (χ1n) is 6.04. The maximum absolute atomic E-state index is 6.00. The van der Waals surface area contributed by atoms with Gasteiger partial charge in [-0.15, -0.1) is 24.0 Å². The summed E-state index contributed by atoms with van der Waals surface area (Å²) >= 11 is 0. The number of aromatic nitrogens is 3. The molecule has 1 aromatic heterocycles. The second kappa shape index (κ2) is 6.91. The molecule has 0 amide bonds. The molecule has 7 heteroatoms. The van der Waals surface area contributed by atoms with Crippen LogP contribution < -0.4 is 5.73 Å². The van der Waals surface area contributed by atoms with E-state index >= 15 is 0 Å². The number of aryl methyl sites for hydroxylation is 1. The Morgan fingerprint density at radius 1 is 1.61 bits per heavy atom. The molecule has 0 aromatic carbocycles. The number of halogens is 1. The lowest BCUT2D eigenvalue weighted by molar-refractivity contribution is 0.270. The summed E-state index contributed by atoms with van der Waals surface area (Å²) in [7, 11) is 1.86. The molecule has 0 radical (unpaired) electrons. The molecular formula is C11H21IN6. The molecule has 0 saturated carbocycles. The van der Waals surface area contributed by atoms with Crippen molar-refractivity contribution in [3.63, 3.8) is 0 Å². The number of rotatable bonds is 2. The molecule has 0 bridgehead atoms. The van der Waals surface area contributed by atoms with Gasteiger partial charge in [-0.2, -0.15) is 5.10 Å². The Morgan fingerprint density at radius 2 is 2.39 bits per heavy atom. The van der Waals surface area contributed by atoms with Crippen molar-refractivity contribution in [2.75, 3.05) is 13.1 Å². The summed E-state index contributed by atoms with van der Waals surface area (Å²) in [6.07, 6.45) is 4.01. The predicted octanol–water partition coefficient (Wildman–Crippen LogP) is 0.980. The van der Waals surface area contributed by atoms with Gasteiger partial charge in [-0.05, 0) is 18.8 Å². The Labute approximate surface area is 125 Å². The smallest absolute Gasteiger partial charge is 0.191 e. The van der Waals surface area contributed by atoms with Crippen molar-refractivity contribution in [3.8, 4) is 0 Å². The molecule has 0 spiro atoms. The number of hydrogen-bond donors (Lipinski definition) is 1. The molecule has 6 nitrogen and oxygen atoms in total. The second-order valence-electron chi connectivity index (χ2n) is 4.67. The Balaban J connectivity index is 0.00000162. The molecule has 2 rings (SSSR count). The maximum atomic E-state index is 6.00. The van der Waals surface area contributed by atoms with Crippen LogP contribution in [0.5, 0.6) is 0 Å². The van der Waals surface area contributed by atoms with Gasteiger partial charge in [0.2, 0.25) is 0 Å². The average Bonchev–Trinajstić information content (AvgIpc) is 2.72. The van der Waals surface area contributed by atoms with E-state index in [2.05, 4.69) is 26.9 Å². The number of piperidine rings is 1. The van der Waals surface area contributed by atoms with E-state index in [1.165, 1.54) is 19.2 Å². The number of hydrogen-bond acceptors (Lipinski definition) is 3. The summed E-state index contributed by atoms with van der Waals surface area (Å²) in [5.41, 5.74) is 6.00. The van der Waals surface area contributed by atoms with Crippen LogP contribution in [0.15, 0.2) is 11.3 Å². The van der Waals surface area contributed by atoms with Gasteiger partial charge in [-0.25, -0.2) is 9.98 Å². The number of aliphatic imine (C=N–C) groups is 1. The van der Waals surface area contributed by atoms with E-state index in [-0.39, 0.29) is 24.0 Å². The van der Waals surface area contributed by atoms with Crippen LogP contribution >= 0.6 is 24.0 Å². The molecule has 1 aromatic rings. The van der Waals surface area contributed by atoms with Crippen LogP contribution in [0.1, 0.15) is 25.6 Å². The fourth-order valence-electron chi connectivity index (χ4n) is 2.11. The van der Waals surface area contributed by atoms with Crippen LogP contribution in [0.25, 0.3) is 0 Å². The highest BCUT2D eigenvalue weighted by Crippen LogP contribution is 2.14. The standard InChI is InChI=1S/C11H20N6.HI/c1-9-4-3-5-17(7-9)11(12)13-6-10-14-8-15-16(10)2;/h8-9H,3-7H2,1-2H3,(H2,12,13);1H. The molecule has 1 aliphatic heterocycles. The van der Waals surface area contributed by atoms with Crippen LogP contribution in [0.3, 0.4) is 0 Å². The van der Waals surface area contributed by atoms with Crippen molar-refractivity contribution >= 4 is 29.9 Å². The van der Waals surface area contributed by atoms with Gasteiger partial charge in [0.05, 0.1) is 0 Å². The van der Waals surface area contributed by atoms with E-state index in [0.717, 1.165) is 18.9 Å². The molecule has 1 saturated heterocycles. The molecule has 18 heavy (non-hydrogen) atoms. The zero-order valence-electron chi connectivity index (χ0n) is 10.9. The normalized spacial score (nSPS) is 20.7. The van der Waals surface area contributed by atoms with Crippen LogP contribution in [-0.4, -0.2) is 38.7 Å². The summed E-state index contributed by atoms with van der Waals surface area (Å²) in [5.74, 6) is 2.16. The third-order valence-corrected chi connectivity index (χ3v) is 3.17. The second-order valence-corrected chi connectivity index (χ2v) is 4.67. The van der Waals surface area contributed by atoms with E-state index in [4.69, 9.17) is 5.73 Å². The molecule has 1 aliphatic rings. The summed E-state index contributed by atoms with van der Waals surface area (Å²) in [6, 6.07) is 0. The Morgan fingerprint density at radius 3 is 3.00 bits per heavy atom. The Bertz CT molecular complexity index is 402. The van der Waals surface area contributed by atoms with Gasteiger partial charge in [0, 0.05) is 20.1 Å². The zero-order valence-corrected chi connectivity index (χ0v) is 13.2. The fourth-order valence-corrected chi connectivity index (χ4v) is 2.11. The van der Waals surface area contributed by atoms with Crippen LogP contribution in [0.2, 0.25) is 0 Å². The van der Waals surface area contributed by atoms with E-state index in [0.29, 0.717) is 18.4 Å². The van der Waals surface area contributed by atoms with E-state index in [1.54, 1.807) is 4.68 Å². The molecule has 0 aliphatic carbocycles. The minimum atomic E-state index is 0. The fraction of sp³-hybridized carbons (Fsp3) is 0.727. The molecular weight excluding hydrogens is 343 g/mol. The Hall–Kier alpha value is -0.860. The lowest BCUT2D eigenvalue weighted by atomic mass is 10.0. The molecule has 2 heterocycles. The summed E-state index contributed by atoms with van der Waals surface area (Å²) < 4.78 is 1.72. The highest BCUT2D eigenvalue weighted by atomic mass is 127. The highest BCUT2D eigenvalue weighted by molar-refractivity contribution is 14.0. The molecule has 1 unspecified atom stereocenters. The zero-order chi connectivity index (χ0) is 12.3. The largest absolute Gasteiger partial charge is 0.370 e. The van der Waals surface area contributed by atoms with Crippen LogP contribution in [0.4, 0.5) is 0 Å². The van der Waals surface area contributed by atoms with Crippen molar-refractivity contribution in [2.24, 2.45) is 23.7 Å². The maximum Gasteiger partial charge on any atom is 0.191 e. The molecule has 102 valence electrons. The highest BCUT2D eigenvalue weighted by Gasteiger charge is 2.17. The monoisotopic (exact) mass is 364 g/mol. The van der Waals surface area contributed by atoms with E-state index in [9.17, 15) is 0 Å². The molecule has 1 atom stereocenters. The van der Waals surface area contributed by atoms with Crippen molar-refractivity contribution in [1.82, 2.24) is 19.7 Å². The third-order valence-electron chi connectivity index (χ3n) is 3.17. The molecule has 1 fully saturated rings. The van der Waals surface area contributed by atoms with Crippen molar-refractivity contribution < 1.29 is 0 Å². The Kier molecular flexibility index (Phi) is 5.83. The minimum absolute atomic E-state index is 0. The van der Waals surface area contributed by atoms with Gasteiger partial charge in [0.15, 0.2) is 5.96 Å². The third kappa shape index (κ3) is 3.82. The number of likely N-dealkylation sites (tertiary alicyclic amines) is 1. The van der Waals surface area contributed by atoms with Gasteiger partial charge in [-0.3, -0.25) is 4.68 Å². The topological polar surface area (TPSA) is 72.3 Å². The van der Waals surface area contributed by atoms with Gasteiger partial charge < -0.3 is 10.6 Å². The van der Waals surface area contributed by atoms with Crippen LogP contribution in [-0.2, 0) is 13.6 Å². The first kappa shape index (κ1) is 15.2. The summed E-state index contributed by atoms with van der Waals surface area (Å²) in [4.78, 5) is 10.7. The van der Waals surface area contributed by atoms with E-state index in [1.807, 2.05) is 7.05 Å². The first-order chi connectivity index (χ1) is 8.16. The van der Waals surface area contributed by atoms with Gasteiger partial charge >= 0.3 is 0 Å². The van der Waals surface area contributed by atoms with Crippen LogP contribution in [0, 0.1) is 5.92 Å². The predicted molar refractivity (Wildman–Crippen MR) is 81.7 cm³/mol. The van der Waals surface area contributed by atoms with Gasteiger partial charge in [-0.1, -0.05) is 6.92 Å². The van der Waals surface area contributed by atoms with E-state index < -0.39 is 0 Å². The first-order valence-corrected chi connectivity index (χ1v) is 6.04. The number of nitrogens with two attached hydrogens (primary N) is 1. The van der Waals surface area contributed by atoms with Crippen molar-refractivity contribution in [3.05, 3.63) is 12.2 Å². The summed E-state index contributed by atoms with van der Waals surface area (Å²) in [5, 5.41) is 4.00. The number of nitrogens with zero attached hydrogens (tertiary/aromatic N) is 5. The van der Waals surface area contributed by atoms with Crippen molar-refractivity contribution in [1.29, 1.82) is 0 Å². The SMILES string of the molecule is CC1CCCN(C(N)=NCc2ncnn2C)C1.I. The van der Waals surface area contributed by atoms with Crippen molar-refractivity contribution in [2.45, 2.75) is 26.3 Å². The minimum Gasteiger partial charge on any atom is -0.370 e. The average molecular weight is 364 g/mol. The van der Waals surface area contributed by atoms with Gasteiger partial charge in [0.1, 0.15) is 18.7 Å². The quantitative estimate of drug-likeness (QED) is 0.483. The lowest BCUT2D eigenvalue weighted by Crippen LogP contribution is -2.43. The van der Waals surface area contributed by atoms with Gasteiger partial charge in [0.25, 0.3) is 0 Å².